The van der Waals surface area contributed by atoms with Crippen molar-refractivity contribution in [2.24, 2.45) is 0 Å². The first-order valence-electron chi connectivity index (χ1n) is 12.0. The quantitative estimate of drug-likeness (QED) is 0.260. The van der Waals surface area contributed by atoms with Crippen molar-refractivity contribution < 1.29 is 9.53 Å². The molecule has 1 amide bonds. The standard InChI is InChI=1S/C27H32N8O2/c1-34(2)11-5-10-24(36)30-20-7-3-6-19(16-20)25-23(18-28)26(29)33-27(32-25)31-21-8-4-9-22(17-21)35-12-14-37-15-13-35/h3-10,16-18,28H,11-15H2,1-2H3,(H,30,36)(H3,29,31,32,33)/b10-5+,28-18?. The number of hydrogen-bond donors (Lipinski definition) is 4. The van der Waals surface area contributed by atoms with E-state index in [1.165, 1.54) is 6.08 Å². The van der Waals surface area contributed by atoms with Gasteiger partial charge in [0.1, 0.15) is 5.82 Å². The van der Waals surface area contributed by atoms with Gasteiger partial charge in [-0.05, 0) is 44.4 Å². The van der Waals surface area contributed by atoms with Crippen LogP contribution in [0, 0.1) is 5.41 Å². The largest absolute Gasteiger partial charge is 0.383 e. The second-order valence-corrected chi connectivity index (χ2v) is 8.85. The zero-order valence-corrected chi connectivity index (χ0v) is 21.1. The molecule has 37 heavy (non-hydrogen) atoms. The molecule has 2 aromatic carbocycles. The fraction of sp³-hybridized carbons (Fsp3) is 0.259. The number of hydrogen-bond acceptors (Lipinski definition) is 9. The Bertz CT molecular complexity index is 1290. The van der Waals surface area contributed by atoms with Crippen LogP contribution in [-0.2, 0) is 9.53 Å². The molecular weight excluding hydrogens is 468 g/mol. The third-order valence-electron chi connectivity index (χ3n) is 5.74. The first kappa shape index (κ1) is 25.8. The number of anilines is 5. The van der Waals surface area contributed by atoms with Crippen LogP contribution in [0.3, 0.4) is 0 Å². The third-order valence-corrected chi connectivity index (χ3v) is 5.74. The summed E-state index contributed by atoms with van der Waals surface area (Å²) in [7, 11) is 3.87. The predicted octanol–water partition coefficient (Wildman–Crippen LogP) is 3.36. The van der Waals surface area contributed by atoms with Gasteiger partial charge >= 0.3 is 0 Å². The Hall–Kier alpha value is -4.28. The van der Waals surface area contributed by atoms with E-state index in [0.29, 0.717) is 48.2 Å². The van der Waals surface area contributed by atoms with Gasteiger partial charge in [-0.2, -0.15) is 4.98 Å². The van der Waals surface area contributed by atoms with Gasteiger partial charge in [-0.15, -0.1) is 0 Å². The fourth-order valence-electron chi connectivity index (χ4n) is 3.93. The molecule has 0 spiro atoms. The van der Waals surface area contributed by atoms with Gasteiger partial charge in [0.15, 0.2) is 0 Å². The zero-order chi connectivity index (χ0) is 26.2. The molecule has 0 saturated carbocycles. The van der Waals surface area contributed by atoms with Gasteiger partial charge in [-0.1, -0.05) is 24.3 Å². The van der Waals surface area contributed by atoms with E-state index in [2.05, 4.69) is 31.6 Å². The molecule has 1 saturated heterocycles. The highest BCUT2D eigenvalue weighted by atomic mass is 16.5. The molecule has 5 N–H and O–H groups in total. The molecule has 0 atom stereocenters. The molecule has 0 aliphatic carbocycles. The van der Waals surface area contributed by atoms with Crippen LogP contribution in [0.1, 0.15) is 5.56 Å². The Labute approximate surface area is 216 Å². The summed E-state index contributed by atoms with van der Waals surface area (Å²) < 4.78 is 5.45. The molecule has 192 valence electrons. The van der Waals surface area contributed by atoms with E-state index in [0.717, 1.165) is 30.7 Å². The van der Waals surface area contributed by atoms with E-state index in [1.54, 1.807) is 18.2 Å². The number of likely N-dealkylation sites (N-methyl/N-ethyl adjacent to an activating group) is 1. The van der Waals surface area contributed by atoms with Crippen molar-refractivity contribution in [2.45, 2.75) is 0 Å². The van der Waals surface area contributed by atoms with Gasteiger partial charge in [0.05, 0.1) is 24.5 Å². The fourth-order valence-corrected chi connectivity index (χ4v) is 3.93. The zero-order valence-electron chi connectivity index (χ0n) is 21.1. The first-order chi connectivity index (χ1) is 17.9. The number of rotatable bonds is 9. The Kier molecular flexibility index (Phi) is 8.44. The first-order valence-corrected chi connectivity index (χ1v) is 12.0. The summed E-state index contributed by atoms with van der Waals surface area (Å²) in [5.74, 6) is 0.280. The summed E-state index contributed by atoms with van der Waals surface area (Å²) in [6.07, 6.45) is 4.44. The molecule has 1 aliphatic rings. The second kappa shape index (κ2) is 12.1. The van der Waals surface area contributed by atoms with E-state index < -0.39 is 0 Å². The molecule has 1 fully saturated rings. The number of nitrogens with zero attached hydrogens (tertiary/aromatic N) is 4. The summed E-state index contributed by atoms with van der Waals surface area (Å²) in [6.45, 7) is 3.75. The van der Waals surface area contributed by atoms with Crippen LogP contribution in [-0.4, -0.2) is 73.9 Å². The molecule has 0 radical (unpaired) electrons. The van der Waals surface area contributed by atoms with Crippen molar-refractivity contribution in [1.82, 2.24) is 14.9 Å². The molecule has 10 nitrogen and oxygen atoms in total. The maximum atomic E-state index is 12.3. The van der Waals surface area contributed by atoms with Crippen LogP contribution in [0.25, 0.3) is 11.3 Å². The lowest BCUT2D eigenvalue weighted by molar-refractivity contribution is -0.111. The number of nitrogens with one attached hydrogen (secondary N) is 3. The van der Waals surface area contributed by atoms with Crippen LogP contribution in [0.15, 0.2) is 60.7 Å². The van der Waals surface area contributed by atoms with Crippen LogP contribution >= 0.6 is 0 Å². The Morgan fingerprint density at radius 1 is 1.14 bits per heavy atom. The summed E-state index contributed by atoms with van der Waals surface area (Å²) in [4.78, 5) is 25.6. The molecule has 0 bridgehead atoms. The number of morpholine rings is 1. The molecular formula is C27H32N8O2. The Morgan fingerprint density at radius 2 is 1.89 bits per heavy atom. The van der Waals surface area contributed by atoms with Crippen molar-refractivity contribution in [3.8, 4) is 11.3 Å². The van der Waals surface area contributed by atoms with Crippen LogP contribution < -0.4 is 21.3 Å². The number of aromatic nitrogens is 2. The molecule has 1 aliphatic heterocycles. The van der Waals surface area contributed by atoms with Crippen LogP contribution in [0.4, 0.5) is 28.8 Å². The lowest BCUT2D eigenvalue weighted by atomic mass is 10.1. The van der Waals surface area contributed by atoms with E-state index >= 15 is 0 Å². The smallest absolute Gasteiger partial charge is 0.248 e. The van der Waals surface area contributed by atoms with E-state index in [4.69, 9.17) is 15.9 Å². The number of benzene rings is 2. The number of carbonyl (C=O) groups is 1. The molecule has 4 rings (SSSR count). The molecule has 2 heterocycles. The summed E-state index contributed by atoms with van der Waals surface area (Å²) in [5, 5.41) is 14.0. The van der Waals surface area contributed by atoms with E-state index in [9.17, 15) is 4.79 Å². The predicted molar refractivity (Wildman–Crippen MR) is 149 cm³/mol. The maximum absolute atomic E-state index is 12.3. The highest BCUT2D eigenvalue weighted by molar-refractivity contribution is 6.00. The number of nitrogens with two attached hydrogens (primary N) is 1. The van der Waals surface area contributed by atoms with E-state index in [1.807, 2.05) is 49.3 Å². The maximum Gasteiger partial charge on any atom is 0.248 e. The lowest BCUT2D eigenvalue weighted by Crippen LogP contribution is -2.36. The summed E-state index contributed by atoms with van der Waals surface area (Å²) in [6, 6.07) is 15.3. The van der Waals surface area contributed by atoms with Gasteiger partial charge in [-0.3, -0.25) is 4.79 Å². The van der Waals surface area contributed by atoms with Crippen molar-refractivity contribution in [3.05, 3.63) is 66.2 Å². The molecule has 10 heteroatoms. The number of carbonyl (C=O) groups excluding carboxylic acids is 1. The topological polar surface area (TPSA) is 132 Å². The lowest BCUT2D eigenvalue weighted by Gasteiger charge is -2.29. The van der Waals surface area contributed by atoms with Crippen molar-refractivity contribution in [3.63, 3.8) is 0 Å². The van der Waals surface area contributed by atoms with Crippen molar-refractivity contribution >= 4 is 41.0 Å². The monoisotopic (exact) mass is 500 g/mol. The number of ether oxygens (including phenoxy) is 1. The summed E-state index contributed by atoms with van der Waals surface area (Å²) >= 11 is 0. The SMILES string of the molecule is CN(C)C/C=C/C(=O)Nc1cccc(-c2nc(Nc3cccc(N4CCOCC4)c3)nc(N)c2C=N)c1. The average molecular weight is 501 g/mol. The van der Waals surface area contributed by atoms with Gasteiger partial charge in [0.2, 0.25) is 11.9 Å². The normalized spacial score (nSPS) is 13.6. The van der Waals surface area contributed by atoms with Crippen molar-refractivity contribution in [2.75, 3.05) is 68.2 Å². The highest BCUT2D eigenvalue weighted by Gasteiger charge is 2.15. The minimum absolute atomic E-state index is 0.188. The Balaban J connectivity index is 1.58. The van der Waals surface area contributed by atoms with Gasteiger partial charge in [0.25, 0.3) is 0 Å². The molecule has 0 unspecified atom stereocenters. The molecule has 1 aromatic heterocycles. The van der Waals surface area contributed by atoms with Crippen LogP contribution in [0.2, 0.25) is 0 Å². The summed E-state index contributed by atoms with van der Waals surface area (Å²) in [5.41, 5.74) is 10.3. The molecule has 3 aromatic rings. The third kappa shape index (κ3) is 6.90. The van der Waals surface area contributed by atoms with Gasteiger partial charge in [-0.25, -0.2) is 4.98 Å². The minimum atomic E-state index is -0.226. The van der Waals surface area contributed by atoms with Gasteiger partial charge < -0.3 is 36.3 Å². The van der Waals surface area contributed by atoms with Gasteiger partial charge in [0, 0.05) is 54.6 Å². The Morgan fingerprint density at radius 3 is 2.65 bits per heavy atom. The highest BCUT2D eigenvalue weighted by Crippen LogP contribution is 2.29. The second-order valence-electron chi connectivity index (χ2n) is 8.85. The van der Waals surface area contributed by atoms with Crippen molar-refractivity contribution in [1.29, 1.82) is 5.41 Å². The number of nitrogen functional groups attached to an aromatic ring is 1. The van der Waals surface area contributed by atoms with E-state index in [-0.39, 0.29) is 11.7 Å². The number of amides is 1. The minimum Gasteiger partial charge on any atom is -0.383 e. The van der Waals surface area contributed by atoms with Crippen LogP contribution in [0.5, 0.6) is 0 Å². The average Bonchev–Trinajstić information content (AvgIpc) is 2.89.